The highest BCUT2D eigenvalue weighted by Gasteiger charge is 2.32. The van der Waals surface area contributed by atoms with Gasteiger partial charge in [0.1, 0.15) is 11.3 Å². The molecule has 1 unspecified atom stereocenters. The summed E-state index contributed by atoms with van der Waals surface area (Å²) in [6, 6.07) is 2.42. The second kappa shape index (κ2) is 6.83. The molecule has 0 spiro atoms. The van der Waals surface area contributed by atoms with E-state index in [1.807, 2.05) is 0 Å². The highest BCUT2D eigenvalue weighted by atomic mass is 19.1. The van der Waals surface area contributed by atoms with Crippen molar-refractivity contribution in [2.75, 3.05) is 13.1 Å². The number of hydrogen-bond acceptors (Lipinski definition) is 3. The average molecular weight is 349 g/mol. The molecule has 1 aromatic heterocycles. The van der Waals surface area contributed by atoms with Crippen LogP contribution < -0.4 is 5.56 Å². The van der Waals surface area contributed by atoms with Gasteiger partial charge in [-0.15, -0.1) is 0 Å². The molecule has 3 rings (SSSR count). The highest BCUT2D eigenvalue weighted by molar-refractivity contribution is 5.75. The van der Waals surface area contributed by atoms with Gasteiger partial charge in [-0.1, -0.05) is 27.2 Å². The zero-order valence-electron chi connectivity index (χ0n) is 15.1. The summed E-state index contributed by atoms with van der Waals surface area (Å²) in [7, 11) is 0. The molecule has 0 bridgehead atoms. The van der Waals surface area contributed by atoms with Gasteiger partial charge < -0.3 is 4.57 Å². The van der Waals surface area contributed by atoms with Crippen molar-refractivity contribution in [3.05, 3.63) is 40.3 Å². The van der Waals surface area contributed by atoms with Gasteiger partial charge in [-0.05, 0) is 24.8 Å². The van der Waals surface area contributed by atoms with Crippen LogP contribution in [0.4, 0.5) is 8.78 Å². The second-order valence-electron chi connectivity index (χ2n) is 7.92. The molecule has 0 radical (unpaired) electrons. The van der Waals surface area contributed by atoms with Crippen LogP contribution in [-0.2, 0) is 6.54 Å². The van der Waals surface area contributed by atoms with Crippen molar-refractivity contribution in [1.29, 1.82) is 0 Å². The molecule has 6 heteroatoms. The molecule has 2 heterocycles. The van der Waals surface area contributed by atoms with Crippen molar-refractivity contribution in [3.63, 3.8) is 0 Å². The molecular weight excluding hydrogens is 324 g/mol. The molecule has 1 aliphatic heterocycles. The van der Waals surface area contributed by atoms with Gasteiger partial charge in [0.15, 0.2) is 5.82 Å². The maximum atomic E-state index is 13.9. The third-order valence-corrected chi connectivity index (χ3v) is 5.09. The van der Waals surface area contributed by atoms with Crippen LogP contribution in [0.1, 0.15) is 40.0 Å². The van der Waals surface area contributed by atoms with E-state index >= 15 is 0 Å². The quantitative estimate of drug-likeness (QED) is 0.850. The van der Waals surface area contributed by atoms with E-state index in [4.69, 9.17) is 0 Å². The second-order valence-corrected chi connectivity index (χ2v) is 7.92. The first-order valence-corrected chi connectivity index (χ1v) is 8.86. The Kier molecular flexibility index (Phi) is 4.91. The number of benzene rings is 1. The normalized spacial score (nSPS) is 19.5. The molecule has 0 aliphatic carbocycles. The fraction of sp³-hybridized carbons (Fsp3) is 0.579. The van der Waals surface area contributed by atoms with Crippen LogP contribution in [0.5, 0.6) is 0 Å². The number of piperidine rings is 1. The Labute approximate surface area is 146 Å². The van der Waals surface area contributed by atoms with Crippen molar-refractivity contribution in [2.24, 2.45) is 5.41 Å². The van der Waals surface area contributed by atoms with Crippen LogP contribution in [0.2, 0.25) is 0 Å². The number of fused-ring (bicyclic) bond motifs is 1. The van der Waals surface area contributed by atoms with Gasteiger partial charge in [0.25, 0.3) is 5.56 Å². The zero-order chi connectivity index (χ0) is 18.2. The fourth-order valence-corrected chi connectivity index (χ4v) is 3.89. The number of nitrogens with zero attached hydrogens (tertiary/aromatic N) is 3. The van der Waals surface area contributed by atoms with Crippen LogP contribution in [0.25, 0.3) is 11.0 Å². The van der Waals surface area contributed by atoms with E-state index in [-0.39, 0.29) is 22.0 Å². The largest absolute Gasteiger partial charge is 0.304 e. The molecule has 0 saturated carbocycles. The first kappa shape index (κ1) is 18.0. The van der Waals surface area contributed by atoms with Crippen LogP contribution in [0.3, 0.4) is 0 Å². The Morgan fingerprint density at radius 3 is 2.68 bits per heavy atom. The lowest BCUT2D eigenvalue weighted by Gasteiger charge is -2.43. The van der Waals surface area contributed by atoms with Gasteiger partial charge in [0, 0.05) is 31.3 Å². The van der Waals surface area contributed by atoms with Crippen LogP contribution in [0.15, 0.2) is 23.1 Å². The maximum absolute atomic E-state index is 13.9. The molecule has 1 saturated heterocycles. The van der Waals surface area contributed by atoms with Crippen molar-refractivity contribution < 1.29 is 8.78 Å². The number of likely N-dealkylation sites (tertiary alicyclic amines) is 1. The maximum Gasteiger partial charge on any atom is 0.269 e. The number of aromatic nitrogens is 2. The van der Waals surface area contributed by atoms with Gasteiger partial charge in [0.2, 0.25) is 0 Å². The monoisotopic (exact) mass is 349 g/mol. The van der Waals surface area contributed by atoms with Crippen LogP contribution in [-0.4, -0.2) is 33.6 Å². The fourth-order valence-electron chi connectivity index (χ4n) is 3.89. The summed E-state index contributed by atoms with van der Waals surface area (Å²) in [6.45, 7) is 8.76. The first-order valence-electron chi connectivity index (χ1n) is 8.86. The average Bonchev–Trinajstić information content (AvgIpc) is 2.53. The van der Waals surface area contributed by atoms with Gasteiger partial charge in [-0.3, -0.25) is 9.69 Å². The van der Waals surface area contributed by atoms with E-state index in [1.165, 1.54) is 17.1 Å². The third-order valence-electron chi connectivity index (χ3n) is 5.09. The first-order chi connectivity index (χ1) is 11.8. The molecule has 0 amide bonds. The molecular formula is C19H25F2N3O. The molecule has 1 aliphatic rings. The smallest absolute Gasteiger partial charge is 0.269 e. The van der Waals surface area contributed by atoms with Crippen LogP contribution >= 0.6 is 0 Å². The number of rotatable bonds is 3. The Morgan fingerprint density at radius 2 is 1.96 bits per heavy atom. The molecule has 2 aromatic rings. The summed E-state index contributed by atoms with van der Waals surface area (Å²) in [5, 5.41) is 0. The standard InChI is InChI=1S/C19H25F2N3O/c1-19(2,3)16-6-4-5-7-23(16)8-9-24-15-11-13(20)10-14(21)18(15)22-12-17(24)25/h10-12,16H,4-9H2,1-3H3. The molecule has 136 valence electrons. The van der Waals surface area contributed by atoms with Gasteiger partial charge >= 0.3 is 0 Å². The lowest BCUT2D eigenvalue weighted by Crippen LogP contribution is -2.48. The summed E-state index contributed by atoms with van der Waals surface area (Å²) in [6.07, 6.45) is 4.61. The van der Waals surface area contributed by atoms with Crippen molar-refractivity contribution in [3.8, 4) is 0 Å². The zero-order valence-corrected chi connectivity index (χ0v) is 15.1. The summed E-state index contributed by atoms with van der Waals surface area (Å²) >= 11 is 0. The van der Waals surface area contributed by atoms with Crippen molar-refractivity contribution in [1.82, 2.24) is 14.5 Å². The molecule has 4 nitrogen and oxygen atoms in total. The minimum atomic E-state index is -0.741. The lowest BCUT2D eigenvalue weighted by molar-refractivity contribution is 0.0610. The van der Waals surface area contributed by atoms with Gasteiger partial charge in [-0.2, -0.15) is 0 Å². The van der Waals surface area contributed by atoms with Gasteiger partial charge in [0.05, 0.1) is 11.7 Å². The molecule has 25 heavy (non-hydrogen) atoms. The predicted molar refractivity (Wildman–Crippen MR) is 94.6 cm³/mol. The predicted octanol–water partition coefficient (Wildman–Crippen LogP) is 3.58. The highest BCUT2D eigenvalue weighted by Crippen LogP contribution is 2.31. The molecule has 1 fully saturated rings. The topological polar surface area (TPSA) is 38.1 Å². The van der Waals surface area contributed by atoms with Crippen molar-refractivity contribution in [2.45, 2.75) is 52.6 Å². The van der Waals surface area contributed by atoms with Crippen LogP contribution in [0, 0.1) is 17.0 Å². The molecule has 0 N–H and O–H groups in total. The lowest BCUT2D eigenvalue weighted by atomic mass is 9.80. The summed E-state index contributed by atoms with van der Waals surface area (Å²) < 4.78 is 29.0. The third kappa shape index (κ3) is 3.73. The summed E-state index contributed by atoms with van der Waals surface area (Å²) in [5.74, 6) is -1.44. The van der Waals surface area contributed by atoms with Crippen molar-refractivity contribution >= 4 is 11.0 Å². The Hall–Kier alpha value is -1.82. The SMILES string of the molecule is CC(C)(C)C1CCCCN1CCn1c(=O)cnc2c(F)cc(F)cc21. The summed E-state index contributed by atoms with van der Waals surface area (Å²) in [5.41, 5.74) is 0.0762. The van der Waals surface area contributed by atoms with Gasteiger partial charge in [-0.25, -0.2) is 13.8 Å². The molecule has 1 atom stereocenters. The Balaban J connectivity index is 1.90. The van der Waals surface area contributed by atoms with E-state index in [9.17, 15) is 13.6 Å². The molecule has 1 aromatic carbocycles. The Morgan fingerprint density at radius 1 is 1.20 bits per heavy atom. The van der Waals surface area contributed by atoms with E-state index in [2.05, 4.69) is 30.7 Å². The minimum Gasteiger partial charge on any atom is -0.304 e. The Bertz CT molecular complexity index is 826. The number of halogens is 2. The van der Waals surface area contributed by atoms with E-state index in [1.54, 1.807) is 0 Å². The van der Waals surface area contributed by atoms with E-state index < -0.39 is 11.6 Å². The number of hydrogen-bond donors (Lipinski definition) is 0. The minimum absolute atomic E-state index is 0.0343. The van der Waals surface area contributed by atoms with E-state index in [0.717, 1.165) is 31.6 Å². The summed E-state index contributed by atoms with van der Waals surface area (Å²) in [4.78, 5) is 18.5. The van der Waals surface area contributed by atoms with E-state index in [0.29, 0.717) is 19.1 Å².